The molecule has 2 heterocycles. The number of aromatic nitrogens is 1. The minimum atomic E-state index is -1.18. The lowest BCUT2D eigenvalue weighted by molar-refractivity contribution is 0.0565. The zero-order valence-corrected chi connectivity index (χ0v) is 18.9. The molecule has 3 N–H and O–H groups in total. The fourth-order valence-electron chi connectivity index (χ4n) is 3.79. The zero-order valence-electron chi connectivity index (χ0n) is 18.2. The van der Waals surface area contributed by atoms with E-state index in [-0.39, 0.29) is 12.2 Å². The Balaban J connectivity index is 1.60. The largest absolute Gasteiger partial charge is 0.394 e. The minimum Gasteiger partial charge on any atom is -0.394 e. The van der Waals surface area contributed by atoms with Crippen molar-refractivity contribution in [3.63, 3.8) is 0 Å². The van der Waals surface area contributed by atoms with Crippen molar-refractivity contribution in [1.82, 2.24) is 10.3 Å². The molecule has 1 aromatic heterocycles. The quantitative estimate of drug-likeness (QED) is 0.461. The summed E-state index contributed by atoms with van der Waals surface area (Å²) in [6.45, 7) is -0.143. The molecule has 8 heteroatoms. The highest BCUT2D eigenvalue weighted by Crippen LogP contribution is 2.28. The number of halogens is 2. The molecule has 0 bridgehead atoms. The van der Waals surface area contributed by atoms with Crippen molar-refractivity contribution in [2.24, 2.45) is 4.99 Å². The molecule has 174 valence electrons. The fourth-order valence-corrected chi connectivity index (χ4v) is 4.06. The standard InChI is InChI=1S/C26H23ClFN3O3/c27-21-6-3-5-20(25(21)23-12-17(14-30-23)16-7-9-18(28)10-8-16)26(34)31-22(24(33)15-32)13-19-4-1-2-11-29-19/h1-12,22,24,32-33H,13-15H2,(H,31,34)/t22-,24-/m1/s1. The first kappa shape index (κ1) is 23.8. The van der Waals surface area contributed by atoms with Crippen LogP contribution in [0.4, 0.5) is 4.39 Å². The summed E-state index contributed by atoms with van der Waals surface area (Å²) in [5.41, 5.74) is 3.68. The molecule has 0 saturated heterocycles. The molecular weight excluding hydrogens is 457 g/mol. The summed E-state index contributed by atoms with van der Waals surface area (Å²) in [6.07, 6.45) is 2.51. The Bertz CT molecular complexity index is 1230. The molecule has 1 aliphatic heterocycles. The van der Waals surface area contributed by atoms with Crippen LogP contribution in [0.5, 0.6) is 0 Å². The van der Waals surface area contributed by atoms with Crippen LogP contribution in [-0.4, -0.2) is 52.1 Å². The number of aliphatic imine (C=N–C) groups is 1. The topological polar surface area (TPSA) is 94.8 Å². The van der Waals surface area contributed by atoms with Gasteiger partial charge in [0.25, 0.3) is 5.91 Å². The lowest BCUT2D eigenvalue weighted by Crippen LogP contribution is -2.46. The van der Waals surface area contributed by atoms with Crippen LogP contribution < -0.4 is 5.32 Å². The maximum Gasteiger partial charge on any atom is 0.252 e. The van der Waals surface area contributed by atoms with Crippen LogP contribution in [0.3, 0.4) is 0 Å². The van der Waals surface area contributed by atoms with E-state index < -0.39 is 24.7 Å². The number of amides is 1. The van der Waals surface area contributed by atoms with E-state index in [4.69, 9.17) is 11.6 Å². The van der Waals surface area contributed by atoms with Gasteiger partial charge >= 0.3 is 0 Å². The summed E-state index contributed by atoms with van der Waals surface area (Å²) in [4.78, 5) is 22.1. The number of allylic oxidation sites excluding steroid dienone is 1. The molecule has 34 heavy (non-hydrogen) atoms. The average Bonchev–Trinajstić information content (AvgIpc) is 3.33. The van der Waals surface area contributed by atoms with E-state index in [0.717, 1.165) is 11.1 Å². The number of hydrogen-bond acceptors (Lipinski definition) is 5. The molecule has 0 saturated carbocycles. The maximum absolute atomic E-state index is 13.3. The highest BCUT2D eigenvalue weighted by Gasteiger charge is 2.26. The van der Waals surface area contributed by atoms with Gasteiger partial charge in [0.15, 0.2) is 0 Å². The number of carbonyl (C=O) groups excluding carboxylic acids is 1. The smallest absolute Gasteiger partial charge is 0.252 e. The zero-order chi connectivity index (χ0) is 24.1. The van der Waals surface area contributed by atoms with E-state index in [1.807, 2.05) is 12.1 Å². The van der Waals surface area contributed by atoms with Crippen LogP contribution in [0.25, 0.3) is 5.57 Å². The first-order valence-electron chi connectivity index (χ1n) is 10.8. The number of carbonyl (C=O) groups is 1. The molecule has 6 nitrogen and oxygen atoms in total. The Morgan fingerprint density at radius 3 is 2.62 bits per heavy atom. The Kier molecular flexibility index (Phi) is 7.47. The third-order valence-electron chi connectivity index (χ3n) is 5.58. The van der Waals surface area contributed by atoms with Gasteiger partial charge in [-0.1, -0.05) is 35.9 Å². The maximum atomic E-state index is 13.3. The summed E-state index contributed by atoms with van der Waals surface area (Å²) in [7, 11) is 0. The summed E-state index contributed by atoms with van der Waals surface area (Å²) >= 11 is 6.49. The van der Waals surface area contributed by atoms with Crippen LogP contribution in [0.2, 0.25) is 5.02 Å². The number of nitrogens with one attached hydrogen (secondary N) is 1. The van der Waals surface area contributed by atoms with Gasteiger partial charge in [-0.2, -0.15) is 0 Å². The molecule has 0 fully saturated rings. The van der Waals surface area contributed by atoms with Gasteiger partial charge in [0.2, 0.25) is 0 Å². The van der Waals surface area contributed by atoms with Crippen molar-refractivity contribution < 1.29 is 19.4 Å². The van der Waals surface area contributed by atoms with Crippen molar-refractivity contribution in [3.8, 4) is 0 Å². The van der Waals surface area contributed by atoms with Gasteiger partial charge in [0.1, 0.15) is 5.82 Å². The van der Waals surface area contributed by atoms with Crippen molar-refractivity contribution in [3.05, 3.63) is 106 Å². The number of aliphatic hydroxyl groups excluding tert-OH is 2. The molecule has 2 aromatic carbocycles. The summed E-state index contributed by atoms with van der Waals surface area (Å²) in [6, 6.07) is 15.7. The molecule has 1 aliphatic rings. The Hall–Kier alpha value is -3.39. The number of hydrogen-bond donors (Lipinski definition) is 3. The molecule has 0 radical (unpaired) electrons. The average molecular weight is 480 g/mol. The molecule has 1 amide bonds. The minimum absolute atomic E-state index is 0.236. The van der Waals surface area contributed by atoms with E-state index in [0.29, 0.717) is 34.1 Å². The van der Waals surface area contributed by atoms with Crippen molar-refractivity contribution in [2.45, 2.75) is 18.6 Å². The fraction of sp³-hybridized carbons (Fsp3) is 0.192. The number of aliphatic hydroxyl groups is 2. The summed E-state index contributed by atoms with van der Waals surface area (Å²) in [5.74, 6) is -0.781. The Labute approximate surface area is 201 Å². The SMILES string of the molecule is O=C(N[C@H](Cc1ccccn1)[C@H](O)CO)c1cccc(Cl)c1C1=NCC(c2ccc(F)cc2)=C1. The van der Waals surface area contributed by atoms with E-state index in [2.05, 4.69) is 15.3 Å². The monoisotopic (exact) mass is 479 g/mol. The van der Waals surface area contributed by atoms with Gasteiger partial charge in [0.05, 0.1) is 41.6 Å². The van der Waals surface area contributed by atoms with Crippen LogP contribution in [0.1, 0.15) is 27.2 Å². The van der Waals surface area contributed by atoms with Crippen molar-refractivity contribution in [1.29, 1.82) is 0 Å². The number of pyridine rings is 1. The second-order valence-corrected chi connectivity index (χ2v) is 8.30. The normalized spacial score (nSPS) is 14.8. The van der Waals surface area contributed by atoms with Crippen molar-refractivity contribution in [2.75, 3.05) is 13.2 Å². The van der Waals surface area contributed by atoms with E-state index >= 15 is 0 Å². The third kappa shape index (κ3) is 5.39. The Morgan fingerprint density at radius 1 is 1.12 bits per heavy atom. The molecule has 4 rings (SSSR count). The van der Waals surface area contributed by atoms with Crippen LogP contribution in [-0.2, 0) is 6.42 Å². The van der Waals surface area contributed by atoms with Crippen LogP contribution in [0.15, 0.2) is 77.9 Å². The predicted molar refractivity (Wildman–Crippen MR) is 130 cm³/mol. The van der Waals surface area contributed by atoms with E-state index in [1.165, 1.54) is 12.1 Å². The summed E-state index contributed by atoms with van der Waals surface area (Å²) in [5, 5.41) is 23.0. The molecule has 2 atom stereocenters. The molecule has 3 aromatic rings. The Morgan fingerprint density at radius 2 is 1.91 bits per heavy atom. The van der Waals surface area contributed by atoms with Gasteiger partial charge in [-0.15, -0.1) is 0 Å². The molecule has 0 spiro atoms. The number of benzene rings is 2. The van der Waals surface area contributed by atoms with Gasteiger partial charge in [-0.05, 0) is 53.6 Å². The van der Waals surface area contributed by atoms with Gasteiger partial charge in [-0.25, -0.2) is 4.39 Å². The number of nitrogens with zero attached hydrogens (tertiary/aromatic N) is 2. The molecule has 0 unspecified atom stereocenters. The predicted octanol–water partition coefficient (Wildman–Crippen LogP) is 3.45. The van der Waals surface area contributed by atoms with Crippen LogP contribution >= 0.6 is 11.6 Å². The lowest BCUT2D eigenvalue weighted by Gasteiger charge is -2.23. The van der Waals surface area contributed by atoms with E-state index in [1.54, 1.807) is 48.7 Å². The second-order valence-electron chi connectivity index (χ2n) is 7.90. The van der Waals surface area contributed by atoms with Crippen LogP contribution in [0, 0.1) is 5.82 Å². The second kappa shape index (κ2) is 10.7. The first-order chi connectivity index (χ1) is 16.5. The first-order valence-corrected chi connectivity index (χ1v) is 11.1. The lowest BCUT2D eigenvalue weighted by atomic mass is 9.98. The van der Waals surface area contributed by atoms with Gasteiger partial charge in [0, 0.05) is 23.9 Å². The van der Waals surface area contributed by atoms with Gasteiger partial charge < -0.3 is 15.5 Å². The third-order valence-corrected chi connectivity index (χ3v) is 5.90. The van der Waals surface area contributed by atoms with E-state index in [9.17, 15) is 19.4 Å². The highest BCUT2D eigenvalue weighted by atomic mass is 35.5. The molecular formula is C26H23ClFN3O3. The van der Waals surface area contributed by atoms with Crippen molar-refractivity contribution >= 4 is 28.8 Å². The number of rotatable bonds is 8. The highest BCUT2D eigenvalue weighted by molar-refractivity contribution is 6.37. The van der Waals surface area contributed by atoms with Gasteiger partial charge in [-0.3, -0.25) is 14.8 Å². The summed E-state index contributed by atoms with van der Waals surface area (Å²) < 4.78 is 13.3. The molecule has 0 aliphatic carbocycles.